The zero-order valence-electron chi connectivity index (χ0n) is 7.89. The highest BCUT2D eigenvalue weighted by molar-refractivity contribution is 5.46. The van der Waals surface area contributed by atoms with Gasteiger partial charge in [0.25, 0.3) is 0 Å². The first-order valence-electron chi connectivity index (χ1n) is 4.11. The SMILES string of the molecule is CC(C)(C)c1cccc(NN)c1. The van der Waals surface area contributed by atoms with Gasteiger partial charge in [0.05, 0.1) is 0 Å². The minimum absolute atomic E-state index is 0.187. The van der Waals surface area contributed by atoms with E-state index in [0.29, 0.717) is 0 Å². The van der Waals surface area contributed by atoms with Crippen molar-refractivity contribution in [3.63, 3.8) is 0 Å². The number of hydrogen-bond acceptors (Lipinski definition) is 2. The number of nitrogens with one attached hydrogen (secondary N) is 1. The number of rotatable bonds is 1. The maximum atomic E-state index is 5.31. The third-order valence-corrected chi connectivity index (χ3v) is 1.90. The molecule has 0 heterocycles. The molecule has 3 N–H and O–H groups in total. The second-order valence-corrected chi connectivity index (χ2v) is 3.98. The van der Waals surface area contributed by atoms with Crippen molar-refractivity contribution in [3.8, 4) is 0 Å². The highest BCUT2D eigenvalue weighted by atomic mass is 15.2. The Bertz CT molecular complexity index is 261. The van der Waals surface area contributed by atoms with Crippen LogP contribution in [-0.2, 0) is 5.41 Å². The minimum Gasteiger partial charge on any atom is -0.324 e. The fraction of sp³-hybridized carbons (Fsp3) is 0.400. The fourth-order valence-corrected chi connectivity index (χ4v) is 1.08. The van der Waals surface area contributed by atoms with Gasteiger partial charge in [0.2, 0.25) is 0 Å². The maximum absolute atomic E-state index is 5.31. The first-order valence-corrected chi connectivity index (χ1v) is 4.11. The van der Waals surface area contributed by atoms with E-state index in [4.69, 9.17) is 5.84 Å². The van der Waals surface area contributed by atoms with E-state index in [1.807, 2.05) is 12.1 Å². The summed E-state index contributed by atoms with van der Waals surface area (Å²) in [6, 6.07) is 8.14. The summed E-state index contributed by atoms with van der Waals surface area (Å²) in [7, 11) is 0. The van der Waals surface area contributed by atoms with E-state index in [0.717, 1.165) is 5.69 Å². The number of hydrazine groups is 1. The quantitative estimate of drug-likeness (QED) is 0.493. The van der Waals surface area contributed by atoms with Gasteiger partial charge in [-0.1, -0.05) is 32.9 Å². The number of nitrogens with two attached hydrogens (primary N) is 1. The van der Waals surface area contributed by atoms with Crippen molar-refractivity contribution in [2.75, 3.05) is 5.43 Å². The molecular weight excluding hydrogens is 148 g/mol. The van der Waals surface area contributed by atoms with Crippen LogP contribution in [0.3, 0.4) is 0 Å². The molecule has 1 aromatic rings. The Balaban J connectivity index is 3.02. The summed E-state index contributed by atoms with van der Waals surface area (Å²) < 4.78 is 0. The van der Waals surface area contributed by atoms with Crippen LogP contribution in [0.25, 0.3) is 0 Å². The van der Waals surface area contributed by atoms with Crippen LogP contribution >= 0.6 is 0 Å². The van der Waals surface area contributed by atoms with Gasteiger partial charge in [0.15, 0.2) is 0 Å². The molecule has 2 heteroatoms. The van der Waals surface area contributed by atoms with Gasteiger partial charge in [0.1, 0.15) is 0 Å². The molecule has 0 amide bonds. The Labute approximate surface area is 73.8 Å². The monoisotopic (exact) mass is 164 g/mol. The molecule has 0 saturated heterocycles. The number of benzene rings is 1. The standard InChI is InChI=1S/C10H16N2/c1-10(2,3)8-5-4-6-9(7-8)12-11/h4-7,12H,11H2,1-3H3. The van der Waals surface area contributed by atoms with Crippen molar-refractivity contribution in [1.29, 1.82) is 0 Å². The lowest BCUT2D eigenvalue weighted by atomic mass is 9.87. The normalized spacial score (nSPS) is 11.3. The Kier molecular flexibility index (Phi) is 2.38. The van der Waals surface area contributed by atoms with Gasteiger partial charge in [-0.15, -0.1) is 0 Å². The smallest absolute Gasteiger partial charge is 0.0488 e. The average molecular weight is 164 g/mol. The molecule has 0 aliphatic carbocycles. The predicted molar refractivity (Wildman–Crippen MR) is 53.0 cm³/mol. The molecule has 0 radical (unpaired) electrons. The van der Waals surface area contributed by atoms with Crippen molar-refractivity contribution < 1.29 is 0 Å². The third-order valence-electron chi connectivity index (χ3n) is 1.90. The molecule has 0 bridgehead atoms. The summed E-state index contributed by atoms with van der Waals surface area (Å²) in [4.78, 5) is 0. The first-order chi connectivity index (χ1) is 5.54. The van der Waals surface area contributed by atoms with Gasteiger partial charge in [-0.05, 0) is 23.1 Å². The molecular formula is C10H16N2. The van der Waals surface area contributed by atoms with Crippen molar-refractivity contribution in [2.45, 2.75) is 26.2 Å². The van der Waals surface area contributed by atoms with Gasteiger partial charge in [-0.25, -0.2) is 0 Å². The summed E-state index contributed by atoms with van der Waals surface area (Å²) in [5, 5.41) is 0. The molecule has 0 aliphatic heterocycles. The summed E-state index contributed by atoms with van der Waals surface area (Å²) in [6.07, 6.45) is 0. The van der Waals surface area contributed by atoms with Crippen LogP contribution in [0.15, 0.2) is 24.3 Å². The molecule has 66 valence electrons. The van der Waals surface area contributed by atoms with Crippen LogP contribution < -0.4 is 11.3 Å². The van der Waals surface area contributed by atoms with Crippen molar-refractivity contribution in [2.24, 2.45) is 5.84 Å². The predicted octanol–water partition coefficient (Wildman–Crippen LogP) is 2.27. The fourth-order valence-electron chi connectivity index (χ4n) is 1.08. The summed E-state index contributed by atoms with van der Waals surface area (Å²) in [5.74, 6) is 5.31. The second-order valence-electron chi connectivity index (χ2n) is 3.98. The van der Waals surface area contributed by atoms with Crippen LogP contribution in [0.4, 0.5) is 5.69 Å². The minimum atomic E-state index is 0.187. The molecule has 2 nitrogen and oxygen atoms in total. The van der Waals surface area contributed by atoms with Crippen molar-refractivity contribution in [1.82, 2.24) is 0 Å². The lowest BCUT2D eigenvalue weighted by Crippen LogP contribution is -2.13. The van der Waals surface area contributed by atoms with E-state index in [-0.39, 0.29) is 5.41 Å². The van der Waals surface area contributed by atoms with Gasteiger partial charge >= 0.3 is 0 Å². The molecule has 0 atom stereocenters. The van der Waals surface area contributed by atoms with Gasteiger partial charge in [-0.2, -0.15) is 0 Å². The molecule has 1 aromatic carbocycles. The van der Waals surface area contributed by atoms with E-state index in [1.165, 1.54) is 5.56 Å². The Morgan fingerprint density at radius 3 is 2.42 bits per heavy atom. The van der Waals surface area contributed by atoms with E-state index in [9.17, 15) is 0 Å². The van der Waals surface area contributed by atoms with E-state index in [1.54, 1.807) is 0 Å². The molecule has 1 rings (SSSR count). The molecule has 0 saturated carbocycles. The third kappa shape index (κ3) is 1.98. The van der Waals surface area contributed by atoms with Crippen LogP contribution in [0.5, 0.6) is 0 Å². The van der Waals surface area contributed by atoms with E-state index >= 15 is 0 Å². The zero-order chi connectivity index (χ0) is 9.19. The van der Waals surface area contributed by atoms with Gasteiger partial charge in [-0.3, -0.25) is 5.84 Å². The average Bonchev–Trinajstić information content (AvgIpc) is 2.03. The Morgan fingerprint density at radius 1 is 1.25 bits per heavy atom. The number of anilines is 1. The lowest BCUT2D eigenvalue weighted by Gasteiger charge is -2.19. The van der Waals surface area contributed by atoms with Crippen molar-refractivity contribution in [3.05, 3.63) is 29.8 Å². The number of hydrogen-bond donors (Lipinski definition) is 2. The van der Waals surface area contributed by atoms with Crippen LogP contribution in [0.2, 0.25) is 0 Å². The summed E-state index contributed by atoms with van der Waals surface area (Å²) >= 11 is 0. The number of nitrogen functional groups attached to an aromatic ring is 1. The van der Waals surface area contributed by atoms with Gasteiger partial charge in [0, 0.05) is 5.69 Å². The summed E-state index contributed by atoms with van der Waals surface area (Å²) in [5.41, 5.74) is 5.08. The highest BCUT2D eigenvalue weighted by Crippen LogP contribution is 2.23. The molecule has 12 heavy (non-hydrogen) atoms. The van der Waals surface area contributed by atoms with E-state index < -0.39 is 0 Å². The second kappa shape index (κ2) is 3.15. The van der Waals surface area contributed by atoms with Gasteiger partial charge < -0.3 is 5.43 Å². The van der Waals surface area contributed by atoms with Crippen LogP contribution in [0, 0.1) is 0 Å². The molecule has 0 spiro atoms. The lowest BCUT2D eigenvalue weighted by molar-refractivity contribution is 0.590. The van der Waals surface area contributed by atoms with Crippen LogP contribution in [0.1, 0.15) is 26.3 Å². The Morgan fingerprint density at radius 2 is 1.92 bits per heavy atom. The van der Waals surface area contributed by atoms with Crippen LogP contribution in [-0.4, -0.2) is 0 Å². The van der Waals surface area contributed by atoms with E-state index in [2.05, 4.69) is 38.3 Å². The highest BCUT2D eigenvalue weighted by Gasteiger charge is 2.12. The first kappa shape index (κ1) is 9.07. The topological polar surface area (TPSA) is 38.0 Å². The zero-order valence-corrected chi connectivity index (χ0v) is 7.89. The summed E-state index contributed by atoms with van der Waals surface area (Å²) in [6.45, 7) is 6.55. The largest absolute Gasteiger partial charge is 0.324 e. The Hall–Kier alpha value is -1.02. The molecule has 0 fully saturated rings. The maximum Gasteiger partial charge on any atom is 0.0488 e. The molecule has 0 unspecified atom stereocenters. The molecule has 0 aromatic heterocycles. The molecule has 0 aliphatic rings. The van der Waals surface area contributed by atoms with Crippen molar-refractivity contribution >= 4 is 5.69 Å².